The van der Waals surface area contributed by atoms with Crippen LogP contribution in [0.3, 0.4) is 0 Å². The molecule has 0 unspecified atom stereocenters. The number of rotatable bonds is 9. The summed E-state index contributed by atoms with van der Waals surface area (Å²) in [6.45, 7) is 7.21. The van der Waals surface area contributed by atoms with Crippen molar-refractivity contribution in [1.29, 1.82) is 0 Å². The van der Waals surface area contributed by atoms with E-state index in [1.54, 1.807) is 14.0 Å². The summed E-state index contributed by atoms with van der Waals surface area (Å²) in [6, 6.07) is -0.700. The van der Waals surface area contributed by atoms with E-state index in [4.69, 9.17) is 19.9 Å². The van der Waals surface area contributed by atoms with Crippen LogP contribution in [0.5, 0.6) is 0 Å². The molecule has 1 amide bonds. The van der Waals surface area contributed by atoms with Crippen LogP contribution in [0.4, 0.5) is 0 Å². The predicted molar refractivity (Wildman–Crippen MR) is 106 cm³/mol. The number of carbonyl (C=O) groups is 2. The van der Waals surface area contributed by atoms with Crippen LogP contribution in [0.1, 0.15) is 33.1 Å². The minimum absolute atomic E-state index is 0.116. The Morgan fingerprint density at radius 1 is 1.36 bits per heavy atom. The average molecular weight is 398 g/mol. The van der Waals surface area contributed by atoms with Gasteiger partial charge in [0.25, 0.3) is 0 Å². The van der Waals surface area contributed by atoms with E-state index in [0.29, 0.717) is 44.3 Å². The van der Waals surface area contributed by atoms with Crippen molar-refractivity contribution < 1.29 is 23.8 Å². The highest BCUT2D eigenvalue weighted by molar-refractivity contribution is 5.89. The van der Waals surface area contributed by atoms with Crippen LogP contribution in [0, 0.1) is 5.92 Å². The summed E-state index contributed by atoms with van der Waals surface area (Å²) in [6.07, 6.45) is 4.48. The highest BCUT2D eigenvalue weighted by atomic mass is 16.5. The number of nitrogens with one attached hydrogen (secondary N) is 1. The Morgan fingerprint density at radius 3 is 2.82 bits per heavy atom. The van der Waals surface area contributed by atoms with Gasteiger partial charge in [0.2, 0.25) is 5.91 Å². The van der Waals surface area contributed by atoms with Crippen LogP contribution in [-0.4, -0.2) is 81.5 Å². The van der Waals surface area contributed by atoms with E-state index in [-0.39, 0.29) is 30.0 Å². The van der Waals surface area contributed by atoms with E-state index >= 15 is 0 Å². The molecule has 0 aromatic heterocycles. The number of methoxy groups -OCH3 is 1. The largest absolute Gasteiger partial charge is 0.463 e. The molecule has 2 aliphatic rings. The number of hydrogen-bond donors (Lipinski definition) is 2. The zero-order valence-corrected chi connectivity index (χ0v) is 17.3. The first-order valence-electron chi connectivity index (χ1n) is 10.2. The van der Waals surface area contributed by atoms with Crippen molar-refractivity contribution in [3.05, 3.63) is 11.6 Å². The molecule has 160 valence electrons. The van der Waals surface area contributed by atoms with Crippen molar-refractivity contribution in [3.63, 3.8) is 0 Å². The molecule has 1 aliphatic carbocycles. The zero-order chi connectivity index (χ0) is 20.5. The molecule has 0 saturated carbocycles. The molecule has 0 aromatic carbocycles. The van der Waals surface area contributed by atoms with Crippen LogP contribution in [0.25, 0.3) is 0 Å². The second-order valence-corrected chi connectivity index (χ2v) is 7.57. The van der Waals surface area contributed by atoms with Gasteiger partial charge < -0.3 is 25.3 Å². The molecular formula is C20H35N3O5. The minimum atomic E-state index is -0.336. The van der Waals surface area contributed by atoms with Crippen LogP contribution in [0.15, 0.2) is 11.6 Å². The Hall–Kier alpha value is -1.48. The van der Waals surface area contributed by atoms with Crippen LogP contribution in [0.2, 0.25) is 0 Å². The molecule has 1 heterocycles. The van der Waals surface area contributed by atoms with E-state index in [0.717, 1.165) is 25.9 Å². The second-order valence-electron chi connectivity index (χ2n) is 7.57. The first-order chi connectivity index (χ1) is 13.5. The fraction of sp³-hybridized carbons (Fsp3) is 0.800. The van der Waals surface area contributed by atoms with Gasteiger partial charge in [-0.05, 0) is 38.6 Å². The average Bonchev–Trinajstić information content (AvgIpc) is 2.67. The van der Waals surface area contributed by atoms with Crippen molar-refractivity contribution in [2.75, 3.05) is 46.6 Å². The quantitative estimate of drug-likeness (QED) is 0.430. The van der Waals surface area contributed by atoms with Gasteiger partial charge in [0, 0.05) is 32.2 Å². The van der Waals surface area contributed by atoms with Gasteiger partial charge >= 0.3 is 5.97 Å². The number of ether oxygens (including phenoxy) is 3. The molecule has 1 aliphatic heterocycles. The molecule has 28 heavy (non-hydrogen) atoms. The SMILES string of the molecule is CCOC(=O)C1=C[C@@H](N2CCC[C@H](COCCOC)C2)[C@H](NC(C)=O)[C@@H](N)C1. The highest BCUT2D eigenvalue weighted by Crippen LogP contribution is 2.27. The lowest BCUT2D eigenvalue weighted by molar-refractivity contribution is -0.138. The molecule has 1 fully saturated rings. The molecule has 3 N–H and O–H groups in total. The monoisotopic (exact) mass is 397 g/mol. The lowest BCUT2D eigenvalue weighted by atomic mass is 9.84. The predicted octanol–water partition coefficient (Wildman–Crippen LogP) is 0.455. The molecule has 2 rings (SSSR count). The van der Waals surface area contributed by atoms with Crippen molar-refractivity contribution >= 4 is 11.9 Å². The maximum Gasteiger partial charge on any atom is 0.333 e. The summed E-state index contributed by atoms with van der Waals surface area (Å²) in [7, 11) is 1.66. The van der Waals surface area contributed by atoms with Gasteiger partial charge in [-0.15, -0.1) is 0 Å². The fourth-order valence-electron chi connectivity index (χ4n) is 4.04. The first kappa shape index (κ1) is 22.8. The van der Waals surface area contributed by atoms with E-state index in [9.17, 15) is 9.59 Å². The Labute approximate surface area is 167 Å². The third kappa shape index (κ3) is 6.55. The van der Waals surface area contributed by atoms with Gasteiger partial charge in [0.05, 0.1) is 38.5 Å². The summed E-state index contributed by atoms with van der Waals surface area (Å²) in [5, 5.41) is 3.00. The van der Waals surface area contributed by atoms with Crippen molar-refractivity contribution in [2.45, 2.75) is 51.2 Å². The maximum atomic E-state index is 12.3. The standard InChI is InChI=1S/C20H35N3O5/c1-4-28-20(25)16-10-17(21)19(22-14(2)24)18(11-16)23-7-5-6-15(12-23)13-27-9-8-26-3/h11,15,17-19H,4-10,12-13,21H2,1-3H3,(H,22,24)/t15-,17-,18+,19+/m0/s1. The number of nitrogens with two attached hydrogens (primary N) is 1. The van der Waals surface area contributed by atoms with Crippen LogP contribution in [-0.2, 0) is 23.8 Å². The number of amides is 1. The van der Waals surface area contributed by atoms with Gasteiger partial charge in [-0.1, -0.05) is 6.08 Å². The Balaban J connectivity index is 2.11. The summed E-state index contributed by atoms with van der Waals surface area (Å²) in [4.78, 5) is 26.3. The van der Waals surface area contributed by atoms with E-state index in [2.05, 4.69) is 10.2 Å². The lowest BCUT2D eigenvalue weighted by Crippen LogP contribution is -2.62. The molecule has 8 heteroatoms. The van der Waals surface area contributed by atoms with Gasteiger partial charge in [0.1, 0.15) is 0 Å². The second kappa shape index (κ2) is 11.5. The topological polar surface area (TPSA) is 103 Å². The minimum Gasteiger partial charge on any atom is -0.463 e. The summed E-state index contributed by atoms with van der Waals surface area (Å²) >= 11 is 0. The smallest absolute Gasteiger partial charge is 0.333 e. The Morgan fingerprint density at radius 2 is 2.14 bits per heavy atom. The number of likely N-dealkylation sites (tertiary alicyclic amines) is 1. The maximum absolute atomic E-state index is 12.3. The number of carbonyl (C=O) groups excluding carboxylic acids is 2. The molecular weight excluding hydrogens is 362 g/mol. The molecule has 4 atom stereocenters. The third-order valence-corrected chi connectivity index (χ3v) is 5.32. The Bertz CT molecular complexity index is 554. The van der Waals surface area contributed by atoms with Gasteiger partial charge in [-0.2, -0.15) is 0 Å². The molecule has 0 spiro atoms. The normalized spacial score (nSPS) is 28.5. The van der Waals surface area contributed by atoms with Gasteiger partial charge in [0.15, 0.2) is 0 Å². The Kier molecular flexibility index (Phi) is 9.37. The van der Waals surface area contributed by atoms with Crippen molar-refractivity contribution in [1.82, 2.24) is 10.2 Å². The first-order valence-corrected chi connectivity index (χ1v) is 10.2. The summed E-state index contributed by atoms with van der Waals surface area (Å²) in [5.74, 6) is -0.0308. The molecule has 1 saturated heterocycles. The number of piperidine rings is 1. The van der Waals surface area contributed by atoms with E-state index in [1.807, 2.05) is 6.08 Å². The van der Waals surface area contributed by atoms with Gasteiger partial charge in [-0.3, -0.25) is 9.69 Å². The van der Waals surface area contributed by atoms with Crippen molar-refractivity contribution in [3.8, 4) is 0 Å². The lowest BCUT2D eigenvalue weighted by Gasteiger charge is -2.44. The van der Waals surface area contributed by atoms with Crippen LogP contribution < -0.4 is 11.1 Å². The van der Waals surface area contributed by atoms with E-state index < -0.39 is 0 Å². The molecule has 0 radical (unpaired) electrons. The number of hydrogen-bond acceptors (Lipinski definition) is 7. The molecule has 0 aromatic rings. The zero-order valence-electron chi connectivity index (χ0n) is 17.3. The number of esters is 1. The van der Waals surface area contributed by atoms with Crippen LogP contribution >= 0.6 is 0 Å². The third-order valence-electron chi connectivity index (χ3n) is 5.32. The van der Waals surface area contributed by atoms with Crippen molar-refractivity contribution in [2.24, 2.45) is 11.7 Å². The van der Waals surface area contributed by atoms with Gasteiger partial charge in [-0.25, -0.2) is 4.79 Å². The highest BCUT2D eigenvalue weighted by Gasteiger charge is 2.38. The summed E-state index contributed by atoms with van der Waals surface area (Å²) < 4.78 is 15.9. The number of nitrogens with zero attached hydrogens (tertiary/aromatic N) is 1. The molecule has 0 bridgehead atoms. The van der Waals surface area contributed by atoms with E-state index in [1.165, 1.54) is 6.92 Å². The summed E-state index contributed by atoms with van der Waals surface area (Å²) in [5.41, 5.74) is 6.96. The fourth-order valence-corrected chi connectivity index (χ4v) is 4.04. The molecule has 8 nitrogen and oxygen atoms in total.